The number of halogens is 4. The first-order valence-electron chi connectivity index (χ1n) is 28.2. The molecule has 0 saturated carbocycles. The van der Waals surface area contributed by atoms with E-state index in [4.69, 9.17) is 48.7 Å². The second-order valence-electron chi connectivity index (χ2n) is 23.3. The summed E-state index contributed by atoms with van der Waals surface area (Å²) < 4.78 is 89.1. The lowest BCUT2D eigenvalue weighted by Gasteiger charge is -2.44. The Bertz CT molecular complexity index is 2910. The molecule has 17 nitrogen and oxygen atoms in total. The Kier molecular flexibility index (Phi) is 39.1. The van der Waals surface area contributed by atoms with E-state index in [2.05, 4.69) is 121 Å². The highest BCUT2D eigenvalue weighted by Crippen LogP contribution is 2.36. The molecule has 4 aliphatic heterocycles. The summed E-state index contributed by atoms with van der Waals surface area (Å²) >= 11 is 9.19. The third-order valence-corrected chi connectivity index (χ3v) is 19.5. The minimum Gasteiger partial charge on any atom is -0.462 e. The molecule has 0 aliphatic carbocycles. The Hall–Kier alpha value is -2.74. The Balaban J connectivity index is 0.00000107. The molecule has 4 aliphatic rings. The zero-order chi connectivity index (χ0) is 66.7. The Labute approximate surface area is 564 Å². The van der Waals surface area contributed by atoms with E-state index in [1.807, 2.05) is 106 Å². The van der Waals surface area contributed by atoms with Crippen molar-refractivity contribution >= 4 is 113 Å². The van der Waals surface area contributed by atoms with Gasteiger partial charge in [0.15, 0.2) is 0 Å². The Morgan fingerprint density at radius 1 is 0.602 bits per heavy atom. The molecule has 4 saturated heterocycles. The van der Waals surface area contributed by atoms with Gasteiger partial charge in [0.1, 0.15) is 22.1 Å². The van der Waals surface area contributed by atoms with E-state index in [9.17, 15) is 22.2 Å². The average Bonchev–Trinajstić information content (AvgIpc) is 3.59. The highest BCUT2D eigenvalue weighted by molar-refractivity contribution is 14.1. The normalized spacial score (nSPS) is 16.4. The van der Waals surface area contributed by atoms with Gasteiger partial charge >= 0.3 is 20.1 Å². The lowest BCUT2D eigenvalue weighted by Crippen LogP contribution is -2.60. The van der Waals surface area contributed by atoms with Crippen LogP contribution in [0.4, 0.5) is 4.32 Å². The fourth-order valence-corrected chi connectivity index (χ4v) is 11.3. The molecule has 496 valence electrons. The van der Waals surface area contributed by atoms with Crippen molar-refractivity contribution < 1.29 is 65.2 Å². The molecule has 88 heavy (non-hydrogen) atoms. The highest BCUT2D eigenvalue weighted by Gasteiger charge is 2.46. The minimum atomic E-state index is -1.20. The molecule has 4 aromatic carbocycles. The summed E-state index contributed by atoms with van der Waals surface area (Å²) in [6.45, 7) is 37.9. The number of carbonyl (C=O) groups is 2. The van der Waals surface area contributed by atoms with Crippen molar-refractivity contribution in [1.82, 2.24) is 9.44 Å². The molecule has 0 spiro atoms. The number of rotatable bonds is 12. The van der Waals surface area contributed by atoms with Crippen LogP contribution < -0.4 is 15.2 Å². The van der Waals surface area contributed by atoms with Gasteiger partial charge in [-0.25, -0.2) is 31.7 Å². The summed E-state index contributed by atoms with van der Waals surface area (Å²) in [5.74, 6) is -0.620. The van der Waals surface area contributed by atoms with Gasteiger partial charge < -0.3 is 48.7 Å². The molecule has 8 rings (SSSR count). The second kappa shape index (κ2) is 40.4. The summed E-state index contributed by atoms with van der Waals surface area (Å²) in [6, 6.07) is 23.4. The van der Waals surface area contributed by atoms with E-state index in [1.54, 1.807) is 39.8 Å². The average molecular weight is 1530 g/mol. The van der Waals surface area contributed by atoms with Gasteiger partial charge in [-0.05, 0) is 234 Å². The number of nitrogens with zero attached hydrogens (tertiary/aromatic N) is 1. The number of aliphatic hydroxyl groups is 2. The van der Waals surface area contributed by atoms with E-state index in [1.165, 1.54) is 20.3 Å². The molecule has 0 aromatic heterocycles. The summed E-state index contributed by atoms with van der Waals surface area (Å²) in [6.07, 6.45) is 0. The van der Waals surface area contributed by atoms with Crippen LogP contribution in [0.15, 0.2) is 86.1 Å². The van der Waals surface area contributed by atoms with Crippen LogP contribution in [-0.4, -0.2) is 142 Å². The van der Waals surface area contributed by atoms with E-state index >= 15 is 0 Å². The lowest BCUT2D eigenvalue weighted by molar-refractivity contribution is -0.0662. The largest absolute Gasteiger partial charge is 0.462 e. The number of hydrogen-bond donors (Lipinski definition) is 5. The number of carbonyl (C=O) groups excluding carboxylic acids is 2. The Morgan fingerprint density at radius 2 is 0.943 bits per heavy atom. The number of aryl methyl sites for hydroxylation is 4. The molecule has 3 atom stereocenters. The maximum Gasteiger partial charge on any atom is 0.350 e. The summed E-state index contributed by atoms with van der Waals surface area (Å²) in [5, 5.41) is 15.1. The van der Waals surface area contributed by atoms with Gasteiger partial charge in [0.25, 0.3) is 0 Å². The van der Waals surface area contributed by atoms with Crippen molar-refractivity contribution in [3.8, 4) is 0 Å². The molecule has 25 heteroatoms. The van der Waals surface area contributed by atoms with Crippen LogP contribution in [0, 0.1) is 31.3 Å². The fourth-order valence-electron chi connectivity index (χ4n) is 7.67. The predicted octanol–water partition coefficient (Wildman–Crippen LogP) is 11.8. The molecule has 4 heterocycles. The Morgan fingerprint density at radius 3 is 1.20 bits per heavy atom. The molecule has 6 N–H and O–H groups in total. The van der Waals surface area contributed by atoms with Crippen LogP contribution in [0.5, 0.6) is 0 Å². The van der Waals surface area contributed by atoms with Crippen molar-refractivity contribution in [2.45, 2.75) is 156 Å². The predicted molar refractivity (Wildman–Crippen MR) is 374 cm³/mol. The van der Waals surface area contributed by atoms with E-state index < -0.39 is 44.0 Å². The molecule has 3 unspecified atom stereocenters. The number of esters is 2. The number of nitrogens with one attached hydrogen (secondary N) is 2. The summed E-state index contributed by atoms with van der Waals surface area (Å²) in [5.41, 5.74) is 14.7. The van der Waals surface area contributed by atoms with Crippen LogP contribution in [0.25, 0.3) is 0 Å². The number of hydrogen-bond acceptors (Lipinski definition) is 14. The first kappa shape index (κ1) is 85.3. The van der Waals surface area contributed by atoms with Gasteiger partial charge in [-0.1, -0.05) is 57.5 Å². The number of aliphatic hydroxyl groups excluding tert-OH is 2. The zero-order valence-corrected chi connectivity index (χ0v) is 61.4. The molecule has 0 amide bonds. The summed E-state index contributed by atoms with van der Waals surface area (Å²) in [7, 11) is -0.422. The van der Waals surface area contributed by atoms with Gasteiger partial charge in [0, 0.05) is 25.7 Å². The maximum atomic E-state index is 12.5. The number of nitrogens with two attached hydrogens (primary N) is 1. The zero-order valence-electron chi connectivity index (χ0n) is 53.6. The van der Waals surface area contributed by atoms with Crippen molar-refractivity contribution in [2.24, 2.45) is 10.1 Å². The third-order valence-electron chi connectivity index (χ3n) is 12.4. The van der Waals surface area contributed by atoms with Gasteiger partial charge in [0.2, 0.25) is 0 Å². The maximum absolute atomic E-state index is 12.5. The van der Waals surface area contributed by atoms with Gasteiger partial charge in [-0.2, -0.15) is 4.40 Å². The molecule has 4 fully saturated rings. The van der Waals surface area contributed by atoms with E-state index in [0.717, 1.165) is 36.9 Å². The van der Waals surface area contributed by atoms with E-state index in [0.29, 0.717) is 77.2 Å². The van der Waals surface area contributed by atoms with Crippen molar-refractivity contribution in [3.05, 3.63) is 135 Å². The lowest BCUT2D eigenvalue weighted by atomic mass is 9.85. The van der Waals surface area contributed by atoms with Crippen molar-refractivity contribution in [1.29, 1.82) is 0 Å². The molecule has 2 radical (unpaired) electrons. The topological polar surface area (TPSA) is 244 Å². The van der Waals surface area contributed by atoms with Gasteiger partial charge in [-0.15, -0.1) is 0 Å². The molecule has 0 bridgehead atoms. The smallest absolute Gasteiger partial charge is 0.350 e. The first-order chi connectivity index (χ1) is 40.5. The first-order valence-corrected chi connectivity index (χ1v) is 34.3. The standard InChI is InChI=1S/C17H25NO4S.C14H20BrNO2S.C13H17NO3.C7H6BrI.C7H13NO2S.2C2H6O.CH4.BF/c1-6-22-15(19)13-7-8-14(12(2)9-13)17(10-21-11-17)18-23(20)16(3,4)5;1-10-7-11(15)5-6-12(10)14(8-18-9-14)16-19(17)13(2,3)4;1-3-17-12(15)10-4-5-11(9(2)6-10)13(14)7-16-8-13;1-5-4-6(8)2-3-7(5)9;1-7(2,3)11(9)8-6-4-10-5-6;2*1-2-3;;1-2/h7-9,18H,6,10-11H2,1-5H3;5-7,16H,8-9H2,1-4H3;4-6H,3,7-8,14H2,1-2H3;2-4H,1H3;4-5H2,1-3H3;2*3H,2H2,1H3;1H4;. The van der Waals surface area contributed by atoms with Gasteiger partial charge in [0.05, 0.1) is 125 Å². The molecular formula is C63H97BBr2FIN4O13S3. The number of ether oxygens (including phenoxy) is 6. The van der Waals surface area contributed by atoms with Crippen molar-refractivity contribution in [3.63, 3.8) is 0 Å². The highest BCUT2D eigenvalue weighted by atomic mass is 127. The third kappa shape index (κ3) is 27.5. The van der Waals surface area contributed by atoms with E-state index in [-0.39, 0.29) is 52.4 Å². The molecular weight excluding hydrogens is 1430 g/mol. The molecule has 4 aromatic rings. The second-order valence-corrected chi connectivity index (χ2v) is 32.1. The monoisotopic (exact) mass is 1530 g/mol. The van der Waals surface area contributed by atoms with Crippen LogP contribution in [0.1, 0.15) is 157 Å². The minimum absolute atomic E-state index is 0. The number of benzene rings is 4. The van der Waals surface area contributed by atoms with Crippen LogP contribution >= 0.6 is 54.5 Å². The quantitative estimate of drug-likeness (QED) is 0.0503. The van der Waals surface area contributed by atoms with Crippen LogP contribution in [0.3, 0.4) is 0 Å². The SMILES string of the molecule is C.CC(C)(C)S(=O)N=C1COC1.CCO.CCO.CCOC(=O)c1ccc(C2(N)COC2)c(C)c1.CCOC(=O)c1ccc(C2(NS(=O)C(C)(C)C)COC2)c(C)c1.Cc1cc(Br)ccc1C1(NS(=O)C(C)(C)C)COC1.Cc1cc(Br)ccc1I.[B]F. The fraction of sp³-hybridized carbons (Fsp3) is 0.571. The van der Waals surface area contributed by atoms with Crippen LogP contribution in [0.2, 0.25) is 0 Å². The van der Waals surface area contributed by atoms with Crippen LogP contribution in [-0.2, 0) is 78.0 Å². The summed E-state index contributed by atoms with van der Waals surface area (Å²) in [4.78, 5) is 23.4. The van der Waals surface area contributed by atoms with Gasteiger partial charge in [-0.3, -0.25) is 0 Å². The van der Waals surface area contributed by atoms with Crippen molar-refractivity contribution in [2.75, 3.05) is 79.3 Å².